The first-order chi connectivity index (χ1) is 7.77. The van der Waals surface area contributed by atoms with Crippen LogP contribution in [-0.4, -0.2) is 5.78 Å². The van der Waals surface area contributed by atoms with Gasteiger partial charge in [0, 0.05) is 17.9 Å². The van der Waals surface area contributed by atoms with Gasteiger partial charge in [0.05, 0.1) is 0 Å². The molecule has 3 heteroatoms. The molecule has 2 aliphatic carbocycles. The van der Waals surface area contributed by atoms with Gasteiger partial charge in [0.25, 0.3) is 0 Å². The molecule has 1 fully saturated rings. The van der Waals surface area contributed by atoms with Gasteiger partial charge < -0.3 is 0 Å². The maximum Gasteiger partial charge on any atom is 0.163 e. The minimum atomic E-state index is -0.197. The van der Waals surface area contributed by atoms with Crippen LogP contribution in [0.25, 0.3) is 0 Å². The zero-order valence-electron chi connectivity index (χ0n) is 8.47. The summed E-state index contributed by atoms with van der Waals surface area (Å²) in [6, 6.07) is 3.70. The van der Waals surface area contributed by atoms with Crippen molar-refractivity contribution in [3.8, 4) is 12.1 Å². The molecule has 16 heavy (non-hydrogen) atoms. The molecule has 1 atom stereocenters. The highest BCUT2D eigenvalue weighted by Gasteiger charge is 2.33. The quantitative estimate of drug-likeness (QED) is 0.571. The molecule has 2 rings (SSSR count). The predicted octanol–water partition coefficient (Wildman–Crippen LogP) is 1.97. The summed E-state index contributed by atoms with van der Waals surface area (Å²) in [6.07, 6.45) is 9.25. The number of hydrogen-bond donors (Lipinski definition) is 0. The van der Waals surface area contributed by atoms with Crippen molar-refractivity contribution < 1.29 is 4.79 Å². The smallest absolute Gasteiger partial charge is 0.163 e. The van der Waals surface area contributed by atoms with Crippen molar-refractivity contribution in [3.05, 3.63) is 47.1 Å². The highest BCUT2D eigenvalue weighted by atomic mass is 16.1. The highest BCUT2D eigenvalue weighted by Crippen LogP contribution is 2.37. The highest BCUT2D eigenvalue weighted by molar-refractivity contribution is 6.02. The van der Waals surface area contributed by atoms with E-state index in [0.717, 1.165) is 0 Å². The van der Waals surface area contributed by atoms with Crippen LogP contribution < -0.4 is 0 Å². The lowest BCUT2D eigenvalue weighted by Gasteiger charge is -2.05. The van der Waals surface area contributed by atoms with Gasteiger partial charge in [0.15, 0.2) is 5.78 Å². The Balaban J connectivity index is 2.57. The first kappa shape index (κ1) is 10.1. The van der Waals surface area contributed by atoms with Gasteiger partial charge in [0.2, 0.25) is 0 Å². The van der Waals surface area contributed by atoms with Crippen LogP contribution >= 0.6 is 0 Å². The summed E-state index contributed by atoms with van der Waals surface area (Å²) in [5, 5.41) is 17.7. The summed E-state index contributed by atoms with van der Waals surface area (Å²) in [5.41, 5.74) is 1.36. The fourth-order valence-electron chi connectivity index (χ4n) is 1.97. The second-order valence-corrected chi connectivity index (χ2v) is 3.59. The van der Waals surface area contributed by atoms with Gasteiger partial charge in [0.1, 0.15) is 17.7 Å². The monoisotopic (exact) mass is 208 g/mol. The van der Waals surface area contributed by atoms with Crippen LogP contribution in [0.3, 0.4) is 0 Å². The summed E-state index contributed by atoms with van der Waals surface area (Å²) < 4.78 is 0. The maximum absolute atomic E-state index is 11.7. The molecule has 0 aromatic heterocycles. The molecule has 0 N–H and O–H groups in total. The van der Waals surface area contributed by atoms with E-state index in [1.807, 2.05) is 30.4 Å². The summed E-state index contributed by atoms with van der Waals surface area (Å²) in [6.45, 7) is 0. The zero-order valence-corrected chi connectivity index (χ0v) is 8.47. The Labute approximate surface area is 93.3 Å². The molecular formula is C13H8N2O. The van der Waals surface area contributed by atoms with Gasteiger partial charge in [-0.1, -0.05) is 30.4 Å². The zero-order chi connectivity index (χ0) is 11.5. The van der Waals surface area contributed by atoms with Gasteiger partial charge in [-0.15, -0.1) is 0 Å². The van der Waals surface area contributed by atoms with Gasteiger partial charge in [-0.2, -0.15) is 10.5 Å². The van der Waals surface area contributed by atoms with Crippen molar-refractivity contribution in [2.75, 3.05) is 0 Å². The third-order valence-corrected chi connectivity index (χ3v) is 2.73. The molecule has 0 aromatic rings. The molecule has 3 nitrogen and oxygen atoms in total. The number of rotatable bonds is 0. The molecule has 2 aliphatic rings. The fourth-order valence-corrected chi connectivity index (χ4v) is 1.97. The first-order valence-electron chi connectivity index (χ1n) is 4.89. The molecule has 0 amide bonds. The normalized spacial score (nSPS) is 21.9. The number of allylic oxidation sites excluding steroid dienone is 8. The second-order valence-electron chi connectivity index (χ2n) is 3.59. The summed E-state index contributed by atoms with van der Waals surface area (Å²) in [5.74, 6) is -0.198. The van der Waals surface area contributed by atoms with Gasteiger partial charge in [-0.25, -0.2) is 0 Å². The lowest BCUT2D eigenvalue weighted by molar-refractivity contribution is -0.114. The summed E-state index contributed by atoms with van der Waals surface area (Å²) >= 11 is 0. The van der Waals surface area contributed by atoms with Crippen LogP contribution in [-0.2, 0) is 4.79 Å². The van der Waals surface area contributed by atoms with Crippen LogP contribution in [0, 0.1) is 28.6 Å². The molecule has 1 unspecified atom stereocenters. The van der Waals surface area contributed by atoms with Crippen LogP contribution in [0.1, 0.15) is 6.42 Å². The summed E-state index contributed by atoms with van der Waals surface area (Å²) in [4.78, 5) is 11.7. The SMILES string of the molecule is N#CC(C#N)=C1CC(=O)C2=CC=CC=CC21. The van der Waals surface area contributed by atoms with E-state index >= 15 is 0 Å². The molecule has 0 aromatic carbocycles. The van der Waals surface area contributed by atoms with Crippen LogP contribution in [0.2, 0.25) is 0 Å². The number of ketones is 1. The van der Waals surface area contributed by atoms with Crippen molar-refractivity contribution >= 4 is 5.78 Å². The minimum absolute atomic E-state index is 0.000741. The molecule has 0 aliphatic heterocycles. The Bertz CT molecular complexity index is 531. The molecule has 0 spiro atoms. The Kier molecular flexibility index (Phi) is 2.54. The largest absolute Gasteiger partial charge is 0.294 e. The number of hydrogen-bond acceptors (Lipinski definition) is 3. The van der Waals surface area contributed by atoms with Crippen LogP contribution in [0.4, 0.5) is 0 Å². The number of Topliss-reactive ketones (excluding diaryl/α,β-unsaturated/α-hetero) is 1. The Hall–Kier alpha value is -2.39. The van der Waals surface area contributed by atoms with Crippen molar-refractivity contribution in [1.29, 1.82) is 10.5 Å². The van der Waals surface area contributed by atoms with Crippen LogP contribution in [0.15, 0.2) is 47.1 Å². The first-order valence-corrected chi connectivity index (χ1v) is 4.89. The van der Waals surface area contributed by atoms with E-state index in [1.165, 1.54) is 0 Å². The van der Waals surface area contributed by atoms with Gasteiger partial charge >= 0.3 is 0 Å². The third-order valence-electron chi connectivity index (χ3n) is 2.73. The average molecular weight is 208 g/mol. The fraction of sp³-hybridized carbons (Fsp3) is 0.154. The van der Waals surface area contributed by atoms with E-state index in [1.54, 1.807) is 12.2 Å². The van der Waals surface area contributed by atoms with E-state index in [9.17, 15) is 4.79 Å². The standard InChI is InChI=1S/C13H8N2O/c14-7-9(8-15)12-6-13(16)11-5-3-1-2-4-10(11)12/h1-5,10H,6H2. The number of fused-ring (bicyclic) bond motifs is 1. The average Bonchev–Trinajstić information content (AvgIpc) is 2.51. The second kappa shape index (κ2) is 4.00. The molecule has 0 bridgehead atoms. The lowest BCUT2D eigenvalue weighted by atomic mass is 9.95. The number of nitriles is 2. The van der Waals surface area contributed by atoms with Crippen molar-refractivity contribution in [2.24, 2.45) is 5.92 Å². The molecular weight excluding hydrogens is 200 g/mol. The lowest BCUT2D eigenvalue weighted by Crippen LogP contribution is -1.99. The molecule has 76 valence electrons. The minimum Gasteiger partial charge on any atom is -0.294 e. The number of carbonyl (C=O) groups is 1. The van der Waals surface area contributed by atoms with E-state index in [-0.39, 0.29) is 23.7 Å². The number of nitrogens with zero attached hydrogens (tertiary/aromatic N) is 2. The molecule has 0 radical (unpaired) electrons. The van der Waals surface area contributed by atoms with Crippen molar-refractivity contribution in [3.63, 3.8) is 0 Å². The van der Waals surface area contributed by atoms with E-state index in [2.05, 4.69) is 0 Å². The molecule has 0 heterocycles. The maximum atomic E-state index is 11.7. The number of carbonyl (C=O) groups excluding carboxylic acids is 1. The van der Waals surface area contributed by atoms with E-state index in [0.29, 0.717) is 11.1 Å². The van der Waals surface area contributed by atoms with Crippen LogP contribution in [0.5, 0.6) is 0 Å². The van der Waals surface area contributed by atoms with E-state index in [4.69, 9.17) is 10.5 Å². The van der Waals surface area contributed by atoms with Gasteiger partial charge in [-0.05, 0) is 5.57 Å². The van der Waals surface area contributed by atoms with Crippen molar-refractivity contribution in [1.82, 2.24) is 0 Å². The Morgan fingerprint density at radius 1 is 1.25 bits per heavy atom. The van der Waals surface area contributed by atoms with Crippen molar-refractivity contribution in [2.45, 2.75) is 6.42 Å². The predicted molar refractivity (Wildman–Crippen MR) is 57.7 cm³/mol. The Morgan fingerprint density at radius 2 is 2.00 bits per heavy atom. The third kappa shape index (κ3) is 1.49. The molecule has 1 saturated carbocycles. The van der Waals surface area contributed by atoms with E-state index < -0.39 is 0 Å². The topological polar surface area (TPSA) is 64.7 Å². The summed E-state index contributed by atoms with van der Waals surface area (Å²) in [7, 11) is 0. The Morgan fingerprint density at radius 3 is 2.69 bits per heavy atom. The molecule has 0 saturated heterocycles. The van der Waals surface area contributed by atoms with Gasteiger partial charge in [-0.3, -0.25) is 4.79 Å².